The minimum Gasteiger partial charge on any atom is -0.440 e. The van der Waals surface area contributed by atoms with Crippen LogP contribution in [0.5, 0.6) is 0 Å². The van der Waals surface area contributed by atoms with E-state index in [2.05, 4.69) is 50.4 Å². The first-order chi connectivity index (χ1) is 13.7. The Morgan fingerprint density at radius 2 is 2.07 bits per heavy atom. The number of aromatic nitrogens is 4. The Morgan fingerprint density at radius 3 is 2.83 bits per heavy atom. The molecule has 2 aromatic heterocycles. The van der Waals surface area contributed by atoms with Gasteiger partial charge in [0.1, 0.15) is 0 Å². The summed E-state index contributed by atoms with van der Waals surface area (Å²) in [5.41, 5.74) is 2.82. The molecule has 3 aromatic rings. The summed E-state index contributed by atoms with van der Waals surface area (Å²) >= 11 is 1.76. The van der Waals surface area contributed by atoms with E-state index >= 15 is 0 Å². The fraction of sp³-hybridized carbons (Fsp3) is 0.476. The Labute approximate surface area is 181 Å². The number of rotatable bonds is 7. The maximum atomic E-state index is 5.45. The molecule has 2 fully saturated rings. The molecule has 6 nitrogen and oxygen atoms in total. The van der Waals surface area contributed by atoms with E-state index in [4.69, 9.17) is 4.42 Å². The van der Waals surface area contributed by atoms with Crippen LogP contribution in [-0.2, 0) is 12.5 Å². The number of hydrogen-bond donors (Lipinski definition) is 0. The smallest absolute Gasteiger partial charge is 0.202 e. The number of aryl methyl sites for hydroxylation is 1. The molecule has 0 amide bonds. The molecule has 1 aliphatic carbocycles. The summed E-state index contributed by atoms with van der Waals surface area (Å²) in [6.07, 6.45) is 3.98. The first-order valence-electron chi connectivity index (χ1n) is 9.88. The van der Waals surface area contributed by atoms with Gasteiger partial charge in [0, 0.05) is 31.3 Å². The van der Waals surface area contributed by atoms with Crippen LogP contribution in [0.2, 0.25) is 0 Å². The second-order valence-corrected chi connectivity index (χ2v) is 9.05. The molecular formula is C21H26ClN5OS. The summed E-state index contributed by atoms with van der Waals surface area (Å²) in [5, 5.41) is 9.53. The number of halogens is 1. The van der Waals surface area contributed by atoms with Crippen LogP contribution in [0, 0.1) is 12.8 Å². The third kappa shape index (κ3) is 3.71. The second-order valence-electron chi connectivity index (χ2n) is 7.99. The Morgan fingerprint density at radius 1 is 1.24 bits per heavy atom. The average Bonchev–Trinajstić information content (AvgIpc) is 3.02. The number of benzene rings is 1. The van der Waals surface area contributed by atoms with Crippen molar-refractivity contribution in [3.05, 3.63) is 48.0 Å². The van der Waals surface area contributed by atoms with Gasteiger partial charge in [0.05, 0.1) is 5.69 Å². The van der Waals surface area contributed by atoms with E-state index in [0.29, 0.717) is 11.2 Å². The van der Waals surface area contributed by atoms with Gasteiger partial charge in [-0.3, -0.25) is 0 Å². The molecule has 8 heteroatoms. The van der Waals surface area contributed by atoms with Crippen molar-refractivity contribution in [2.24, 2.45) is 13.0 Å². The van der Waals surface area contributed by atoms with E-state index in [1.54, 1.807) is 11.8 Å². The van der Waals surface area contributed by atoms with Crippen molar-refractivity contribution in [2.45, 2.75) is 30.3 Å². The molecule has 0 spiro atoms. The van der Waals surface area contributed by atoms with Crippen molar-refractivity contribution in [3.63, 3.8) is 0 Å². The lowest BCUT2D eigenvalue weighted by Crippen LogP contribution is -2.27. The van der Waals surface area contributed by atoms with Crippen LogP contribution in [0.3, 0.4) is 0 Å². The molecule has 1 saturated carbocycles. The van der Waals surface area contributed by atoms with Crippen LogP contribution >= 0.6 is 24.2 Å². The zero-order chi connectivity index (χ0) is 19.1. The third-order valence-electron chi connectivity index (χ3n) is 6.20. The number of piperidine rings is 1. The fourth-order valence-electron chi connectivity index (χ4n) is 4.58. The lowest BCUT2D eigenvalue weighted by molar-refractivity contribution is 0.299. The molecule has 1 saturated heterocycles. The molecule has 1 unspecified atom stereocenters. The van der Waals surface area contributed by atoms with Crippen LogP contribution in [0.1, 0.15) is 24.1 Å². The second kappa shape index (κ2) is 8.13. The minimum atomic E-state index is 0. The molecular weight excluding hydrogens is 406 g/mol. The van der Waals surface area contributed by atoms with Crippen LogP contribution in [0.4, 0.5) is 0 Å². The number of thioether (sulfide) groups is 1. The van der Waals surface area contributed by atoms with Crippen molar-refractivity contribution < 1.29 is 4.42 Å². The van der Waals surface area contributed by atoms with Gasteiger partial charge in [0.25, 0.3) is 0 Å². The van der Waals surface area contributed by atoms with Crippen molar-refractivity contribution in [1.29, 1.82) is 0 Å². The van der Waals surface area contributed by atoms with E-state index in [1.165, 1.54) is 31.5 Å². The number of hydrogen-bond acceptors (Lipinski definition) is 6. The van der Waals surface area contributed by atoms with Crippen LogP contribution in [-0.4, -0.2) is 50.0 Å². The summed E-state index contributed by atoms with van der Waals surface area (Å²) in [7, 11) is 1.98. The van der Waals surface area contributed by atoms with Gasteiger partial charge in [0.15, 0.2) is 17.3 Å². The van der Waals surface area contributed by atoms with E-state index in [1.807, 2.05) is 18.5 Å². The lowest BCUT2D eigenvalue weighted by Gasteiger charge is -2.20. The Balaban J connectivity index is 0.00000205. The highest BCUT2D eigenvalue weighted by Gasteiger charge is 2.60. The van der Waals surface area contributed by atoms with Crippen molar-refractivity contribution in [3.8, 4) is 11.6 Å². The predicted molar refractivity (Wildman–Crippen MR) is 116 cm³/mol. The standard InChI is InChI=1S/C21H25N5OS.ClH/c1-15-18(27-14-22-15)19-23-24-20(25(19)2)28-10-6-9-26-12-17-11-21(17,13-26)16-7-4-3-5-8-16;/h3-5,7-8,14,17H,6,9-13H2,1-2H3;1H/t17-,21?;/m1./s1. The molecule has 0 radical (unpaired) electrons. The number of nitrogens with zero attached hydrogens (tertiary/aromatic N) is 5. The minimum absolute atomic E-state index is 0. The molecule has 29 heavy (non-hydrogen) atoms. The first kappa shape index (κ1) is 20.4. The summed E-state index contributed by atoms with van der Waals surface area (Å²) in [6, 6.07) is 11.1. The van der Waals surface area contributed by atoms with Gasteiger partial charge in [-0.25, -0.2) is 4.98 Å². The molecule has 154 valence electrons. The van der Waals surface area contributed by atoms with E-state index < -0.39 is 0 Å². The summed E-state index contributed by atoms with van der Waals surface area (Å²) in [5.74, 6) is 3.33. The summed E-state index contributed by atoms with van der Waals surface area (Å²) in [6.45, 7) is 5.54. The van der Waals surface area contributed by atoms with Crippen molar-refractivity contribution in [2.75, 3.05) is 25.4 Å². The van der Waals surface area contributed by atoms with Gasteiger partial charge in [0.2, 0.25) is 5.82 Å². The third-order valence-corrected chi connectivity index (χ3v) is 7.30. The van der Waals surface area contributed by atoms with Crippen molar-refractivity contribution in [1.82, 2.24) is 24.6 Å². The SMILES string of the molecule is Cc1ncoc1-c1nnc(SCCCN2C[C@H]3CC3(c3ccccc3)C2)n1C.Cl. The van der Waals surface area contributed by atoms with Gasteiger partial charge in [-0.05, 0) is 37.8 Å². The fourth-order valence-corrected chi connectivity index (χ4v) is 5.42. The molecule has 3 heterocycles. The number of fused-ring (bicyclic) bond motifs is 1. The van der Waals surface area contributed by atoms with Crippen LogP contribution in [0.25, 0.3) is 11.6 Å². The van der Waals surface area contributed by atoms with Gasteiger partial charge in [-0.2, -0.15) is 0 Å². The average molecular weight is 432 g/mol. The normalized spacial score (nSPS) is 23.0. The van der Waals surface area contributed by atoms with E-state index in [9.17, 15) is 0 Å². The van der Waals surface area contributed by atoms with E-state index in [-0.39, 0.29) is 12.4 Å². The Kier molecular flexibility index (Phi) is 5.73. The Hall–Kier alpha value is -1.83. The van der Waals surface area contributed by atoms with Crippen LogP contribution < -0.4 is 0 Å². The Bertz CT molecular complexity index is 975. The highest BCUT2D eigenvalue weighted by molar-refractivity contribution is 7.99. The highest BCUT2D eigenvalue weighted by atomic mass is 35.5. The highest BCUT2D eigenvalue weighted by Crippen LogP contribution is 2.58. The molecule has 2 atom stereocenters. The molecule has 1 aromatic carbocycles. The summed E-state index contributed by atoms with van der Waals surface area (Å²) in [4.78, 5) is 6.78. The largest absolute Gasteiger partial charge is 0.440 e. The van der Waals surface area contributed by atoms with Crippen molar-refractivity contribution >= 4 is 24.2 Å². The number of likely N-dealkylation sites (tertiary alicyclic amines) is 1. The zero-order valence-electron chi connectivity index (χ0n) is 16.7. The molecule has 0 N–H and O–H groups in total. The first-order valence-corrected chi connectivity index (χ1v) is 10.9. The molecule has 2 aliphatic rings. The monoisotopic (exact) mass is 431 g/mol. The maximum absolute atomic E-state index is 5.45. The van der Waals surface area contributed by atoms with Gasteiger partial charge >= 0.3 is 0 Å². The molecule has 0 bridgehead atoms. The van der Waals surface area contributed by atoms with Gasteiger partial charge in [-0.15, -0.1) is 22.6 Å². The van der Waals surface area contributed by atoms with E-state index in [0.717, 1.165) is 41.3 Å². The van der Waals surface area contributed by atoms with Gasteiger partial charge < -0.3 is 13.9 Å². The van der Waals surface area contributed by atoms with Crippen LogP contribution in [0.15, 0.2) is 46.3 Å². The summed E-state index contributed by atoms with van der Waals surface area (Å²) < 4.78 is 7.44. The predicted octanol–water partition coefficient (Wildman–Crippen LogP) is 3.96. The lowest BCUT2D eigenvalue weighted by atomic mass is 9.95. The molecule has 1 aliphatic heterocycles. The zero-order valence-corrected chi connectivity index (χ0v) is 18.4. The molecule has 5 rings (SSSR count). The topological polar surface area (TPSA) is 60.0 Å². The number of oxazole rings is 1. The maximum Gasteiger partial charge on any atom is 0.202 e. The van der Waals surface area contributed by atoms with Gasteiger partial charge in [-0.1, -0.05) is 42.1 Å². The quantitative estimate of drug-likeness (QED) is 0.417.